The molecule has 2 aromatic rings. The zero-order chi connectivity index (χ0) is 12.4. The van der Waals surface area contributed by atoms with Crippen molar-refractivity contribution in [3.8, 4) is 11.1 Å². The highest BCUT2D eigenvalue weighted by Gasteiger charge is 2.14. The molecule has 1 N–H and O–H groups in total. The van der Waals surface area contributed by atoms with Crippen LogP contribution < -0.4 is 0 Å². The maximum Gasteiger partial charge on any atom is 0.166 e. The Labute approximate surface area is 95.4 Å². The number of hydrogen-bond donors (Lipinski definition) is 1. The third-order valence-electron chi connectivity index (χ3n) is 2.33. The van der Waals surface area contributed by atoms with E-state index in [9.17, 15) is 13.2 Å². The second-order valence-electron chi connectivity index (χ2n) is 3.41. The van der Waals surface area contributed by atoms with Crippen LogP contribution in [0, 0.1) is 17.5 Å². The van der Waals surface area contributed by atoms with Gasteiger partial charge in [-0.2, -0.15) is 0 Å². The molecule has 2 nitrogen and oxygen atoms in total. The van der Waals surface area contributed by atoms with Gasteiger partial charge in [0.1, 0.15) is 5.82 Å². The van der Waals surface area contributed by atoms with E-state index >= 15 is 0 Å². The fourth-order valence-electron chi connectivity index (χ4n) is 1.54. The molecule has 2 rings (SSSR count). The topological polar surface area (TPSA) is 33.1 Å². The van der Waals surface area contributed by atoms with Gasteiger partial charge < -0.3 is 5.11 Å². The molecule has 0 amide bonds. The maximum absolute atomic E-state index is 13.5. The minimum Gasteiger partial charge on any atom is -0.390 e. The van der Waals surface area contributed by atoms with Crippen molar-refractivity contribution in [2.75, 3.05) is 0 Å². The normalized spacial score (nSPS) is 10.6. The third-order valence-corrected chi connectivity index (χ3v) is 2.33. The van der Waals surface area contributed by atoms with E-state index in [0.29, 0.717) is 0 Å². The monoisotopic (exact) mass is 239 g/mol. The van der Waals surface area contributed by atoms with Gasteiger partial charge in [-0.25, -0.2) is 13.2 Å². The van der Waals surface area contributed by atoms with Gasteiger partial charge in [0.15, 0.2) is 11.6 Å². The first kappa shape index (κ1) is 11.6. The molecule has 0 fully saturated rings. The minimum absolute atomic E-state index is 0.0458. The standard InChI is InChI=1S/C12H8F3NO/c13-7-4-9(11(6-17)16-5-7)8-2-1-3-10(14)12(8)15/h1-5,17H,6H2. The smallest absolute Gasteiger partial charge is 0.166 e. The molecule has 0 bridgehead atoms. The van der Waals surface area contributed by atoms with Crippen molar-refractivity contribution in [1.29, 1.82) is 0 Å². The van der Waals surface area contributed by atoms with Crippen molar-refractivity contribution in [1.82, 2.24) is 4.98 Å². The molecule has 0 spiro atoms. The zero-order valence-electron chi connectivity index (χ0n) is 8.62. The Balaban J connectivity index is 2.67. The van der Waals surface area contributed by atoms with Crippen LogP contribution in [0.5, 0.6) is 0 Å². The minimum atomic E-state index is -1.09. The lowest BCUT2D eigenvalue weighted by Gasteiger charge is -2.08. The molecule has 5 heteroatoms. The molecule has 1 heterocycles. The van der Waals surface area contributed by atoms with Gasteiger partial charge >= 0.3 is 0 Å². The highest BCUT2D eigenvalue weighted by molar-refractivity contribution is 5.66. The predicted octanol–water partition coefficient (Wildman–Crippen LogP) is 2.66. The lowest BCUT2D eigenvalue weighted by atomic mass is 10.0. The van der Waals surface area contributed by atoms with Gasteiger partial charge in [0.2, 0.25) is 0 Å². The summed E-state index contributed by atoms with van der Waals surface area (Å²) in [5.41, 5.74) is 0.0152. The van der Waals surface area contributed by atoms with Crippen LogP contribution >= 0.6 is 0 Å². The molecular weight excluding hydrogens is 231 g/mol. The van der Waals surface area contributed by atoms with E-state index in [4.69, 9.17) is 5.11 Å². The Kier molecular flexibility index (Phi) is 3.10. The summed E-state index contributed by atoms with van der Waals surface area (Å²) in [5.74, 6) is -2.80. The summed E-state index contributed by atoms with van der Waals surface area (Å²) in [4.78, 5) is 3.63. The third kappa shape index (κ3) is 2.14. The van der Waals surface area contributed by atoms with E-state index in [0.717, 1.165) is 18.3 Å². The second kappa shape index (κ2) is 4.55. The van der Waals surface area contributed by atoms with Crippen molar-refractivity contribution in [2.24, 2.45) is 0 Å². The average molecular weight is 239 g/mol. The zero-order valence-corrected chi connectivity index (χ0v) is 8.62. The summed E-state index contributed by atoms with van der Waals surface area (Å²) in [7, 11) is 0. The van der Waals surface area contributed by atoms with E-state index in [-0.39, 0.29) is 16.8 Å². The molecule has 0 aliphatic heterocycles. The van der Waals surface area contributed by atoms with Crippen LogP contribution in [0.25, 0.3) is 11.1 Å². The van der Waals surface area contributed by atoms with Crippen LogP contribution in [-0.2, 0) is 6.61 Å². The Morgan fingerprint density at radius 2 is 1.88 bits per heavy atom. The number of rotatable bonds is 2. The van der Waals surface area contributed by atoms with Gasteiger partial charge in [-0.15, -0.1) is 0 Å². The lowest BCUT2D eigenvalue weighted by molar-refractivity contribution is 0.277. The second-order valence-corrected chi connectivity index (χ2v) is 3.41. The predicted molar refractivity (Wildman–Crippen MR) is 55.5 cm³/mol. The van der Waals surface area contributed by atoms with E-state index < -0.39 is 24.1 Å². The summed E-state index contributed by atoms with van der Waals surface area (Å²) in [6.07, 6.45) is 0.909. The molecule has 1 aromatic carbocycles. The molecule has 0 saturated carbocycles. The van der Waals surface area contributed by atoms with Crippen molar-refractivity contribution in [2.45, 2.75) is 6.61 Å². The molecule has 1 aromatic heterocycles. The van der Waals surface area contributed by atoms with Gasteiger partial charge in [-0.05, 0) is 12.1 Å². The Bertz CT molecular complexity index is 557. The van der Waals surface area contributed by atoms with E-state index in [1.54, 1.807) is 0 Å². The van der Waals surface area contributed by atoms with Gasteiger partial charge in [-0.1, -0.05) is 12.1 Å². The number of benzene rings is 1. The summed E-state index contributed by atoms with van der Waals surface area (Å²) < 4.78 is 39.6. The van der Waals surface area contributed by atoms with E-state index in [1.165, 1.54) is 12.1 Å². The molecule has 17 heavy (non-hydrogen) atoms. The number of aliphatic hydroxyl groups is 1. The van der Waals surface area contributed by atoms with Crippen molar-refractivity contribution >= 4 is 0 Å². The first-order valence-electron chi connectivity index (χ1n) is 4.83. The van der Waals surface area contributed by atoms with Gasteiger partial charge in [-0.3, -0.25) is 4.98 Å². The SMILES string of the molecule is OCc1ncc(F)cc1-c1cccc(F)c1F. The molecule has 88 valence electrons. The Morgan fingerprint density at radius 3 is 2.59 bits per heavy atom. The molecular formula is C12H8F3NO. The molecule has 0 aliphatic carbocycles. The van der Waals surface area contributed by atoms with Crippen LogP contribution in [-0.4, -0.2) is 10.1 Å². The summed E-state index contributed by atoms with van der Waals surface area (Å²) in [6, 6.07) is 4.58. The number of aromatic nitrogens is 1. The largest absolute Gasteiger partial charge is 0.390 e. The molecule has 0 radical (unpaired) electrons. The Morgan fingerprint density at radius 1 is 1.12 bits per heavy atom. The van der Waals surface area contributed by atoms with Crippen LogP contribution in [0.1, 0.15) is 5.69 Å². The molecule has 0 atom stereocenters. The maximum atomic E-state index is 13.5. The highest BCUT2D eigenvalue weighted by Crippen LogP contribution is 2.27. The molecule has 0 aliphatic rings. The van der Waals surface area contributed by atoms with Gasteiger partial charge in [0.25, 0.3) is 0 Å². The summed E-state index contributed by atoms with van der Waals surface area (Å²) in [6.45, 7) is -0.481. The fourth-order valence-corrected chi connectivity index (χ4v) is 1.54. The van der Waals surface area contributed by atoms with E-state index in [1.807, 2.05) is 0 Å². The van der Waals surface area contributed by atoms with Crippen molar-refractivity contribution in [3.05, 3.63) is 53.6 Å². The quantitative estimate of drug-likeness (QED) is 0.873. The van der Waals surface area contributed by atoms with Gasteiger partial charge in [0, 0.05) is 11.1 Å². The summed E-state index contributed by atoms with van der Waals surface area (Å²) >= 11 is 0. The highest BCUT2D eigenvalue weighted by atomic mass is 19.2. The van der Waals surface area contributed by atoms with Crippen LogP contribution in [0.3, 0.4) is 0 Å². The average Bonchev–Trinajstić information content (AvgIpc) is 2.33. The number of aliphatic hydroxyl groups excluding tert-OH is 1. The number of hydrogen-bond acceptors (Lipinski definition) is 2. The number of nitrogens with zero attached hydrogens (tertiary/aromatic N) is 1. The van der Waals surface area contributed by atoms with E-state index in [2.05, 4.69) is 4.98 Å². The van der Waals surface area contributed by atoms with Crippen LogP contribution in [0.2, 0.25) is 0 Å². The summed E-state index contributed by atoms with van der Waals surface area (Å²) in [5, 5.41) is 9.03. The van der Waals surface area contributed by atoms with Crippen LogP contribution in [0.15, 0.2) is 30.5 Å². The molecule has 0 saturated heterocycles. The first-order chi connectivity index (χ1) is 8.13. The van der Waals surface area contributed by atoms with Crippen molar-refractivity contribution < 1.29 is 18.3 Å². The molecule has 0 unspecified atom stereocenters. The van der Waals surface area contributed by atoms with Crippen LogP contribution in [0.4, 0.5) is 13.2 Å². The first-order valence-corrected chi connectivity index (χ1v) is 4.83. The van der Waals surface area contributed by atoms with Crippen molar-refractivity contribution in [3.63, 3.8) is 0 Å². The number of halogens is 3. The Hall–Kier alpha value is -1.88. The number of pyridine rings is 1. The lowest BCUT2D eigenvalue weighted by Crippen LogP contribution is -1.98. The van der Waals surface area contributed by atoms with Gasteiger partial charge in [0.05, 0.1) is 18.5 Å². The fraction of sp³-hybridized carbons (Fsp3) is 0.0833.